The second kappa shape index (κ2) is 6.28. The lowest BCUT2D eigenvalue weighted by Gasteiger charge is -2.23. The fraction of sp³-hybridized carbons (Fsp3) is 0.471. The van der Waals surface area contributed by atoms with Crippen LogP contribution in [0, 0.1) is 0 Å². The first-order chi connectivity index (χ1) is 11.3. The van der Waals surface area contributed by atoms with E-state index in [2.05, 4.69) is 9.88 Å². The molecule has 0 spiro atoms. The summed E-state index contributed by atoms with van der Waals surface area (Å²) in [4.78, 5) is 25.9. The molecule has 2 aromatic heterocycles. The van der Waals surface area contributed by atoms with Crippen LogP contribution in [0.1, 0.15) is 41.4 Å². The van der Waals surface area contributed by atoms with E-state index in [4.69, 9.17) is 4.98 Å². The van der Waals surface area contributed by atoms with Crippen LogP contribution < -0.4 is 4.90 Å². The summed E-state index contributed by atoms with van der Waals surface area (Å²) >= 11 is 1.57. The average molecular weight is 328 g/mol. The van der Waals surface area contributed by atoms with Crippen molar-refractivity contribution in [2.75, 3.05) is 31.1 Å². The number of hydrogen-bond donors (Lipinski definition) is 0. The van der Waals surface area contributed by atoms with Crippen molar-refractivity contribution in [2.24, 2.45) is 0 Å². The van der Waals surface area contributed by atoms with E-state index in [1.165, 1.54) is 12.8 Å². The van der Waals surface area contributed by atoms with Gasteiger partial charge in [-0.1, -0.05) is 0 Å². The lowest BCUT2D eigenvalue weighted by Crippen LogP contribution is -2.35. The summed E-state index contributed by atoms with van der Waals surface area (Å²) in [6.45, 7) is 3.33. The summed E-state index contributed by atoms with van der Waals surface area (Å²) < 4.78 is 0. The molecule has 6 heteroatoms. The summed E-state index contributed by atoms with van der Waals surface area (Å²) in [7, 11) is 0. The Kier molecular flexibility index (Phi) is 3.99. The Bertz CT molecular complexity index is 684. The van der Waals surface area contributed by atoms with Crippen molar-refractivity contribution in [2.45, 2.75) is 25.2 Å². The number of amides is 1. The molecule has 23 heavy (non-hydrogen) atoms. The van der Waals surface area contributed by atoms with Gasteiger partial charge in [-0.3, -0.25) is 4.79 Å². The Morgan fingerprint density at radius 1 is 1.17 bits per heavy atom. The zero-order chi connectivity index (χ0) is 15.6. The van der Waals surface area contributed by atoms with Gasteiger partial charge in [-0.15, -0.1) is 0 Å². The summed E-state index contributed by atoms with van der Waals surface area (Å²) in [5.74, 6) is 2.71. The zero-order valence-corrected chi connectivity index (χ0v) is 13.8. The third-order valence-electron chi connectivity index (χ3n) is 4.48. The van der Waals surface area contributed by atoms with E-state index in [-0.39, 0.29) is 5.91 Å². The van der Waals surface area contributed by atoms with Crippen LogP contribution in [0.25, 0.3) is 0 Å². The Morgan fingerprint density at radius 3 is 2.87 bits per heavy atom. The highest BCUT2D eigenvalue weighted by Gasteiger charge is 2.27. The first kappa shape index (κ1) is 14.6. The molecule has 2 aliphatic rings. The molecule has 1 amide bonds. The fourth-order valence-corrected chi connectivity index (χ4v) is 3.63. The predicted octanol–water partition coefficient (Wildman–Crippen LogP) is 2.77. The number of rotatable bonds is 3. The molecule has 0 unspecified atom stereocenters. The van der Waals surface area contributed by atoms with Gasteiger partial charge in [0, 0.05) is 43.7 Å². The molecular weight excluding hydrogens is 308 g/mol. The standard InChI is InChI=1S/C17H20N4OS/c22-17(14-5-11-23-12-14)21-8-1-7-20(9-10-21)15-4-6-18-16(19-15)13-2-3-13/h4-6,11-13H,1-3,7-10H2. The highest BCUT2D eigenvalue weighted by Crippen LogP contribution is 2.38. The van der Waals surface area contributed by atoms with E-state index in [1.54, 1.807) is 11.3 Å². The van der Waals surface area contributed by atoms with Gasteiger partial charge in [0.1, 0.15) is 11.6 Å². The topological polar surface area (TPSA) is 49.3 Å². The number of anilines is 1. The van der Waals surface area contributed by atoms with Gasteiger partial charge >= 0.3 is 0 Å². The van der Waals surface area contributed by atoms with E-state index in [1.807, 2.05) is 34.0 Å². The van der Waals surface area contributed by atoms with E-state index in [9.17, 15) is 4.79 Å². The molecular formula is C17H20N4OS. The van der Waals surface area contributed by atoms with Gasteiger partial charge in [0.05, 0.1) is 5.56 Å². The fourth-order valence-electron chi connectivity index (χ4n) is 3.00. The van der Waals surface area contributed by atoms with Crippen molar-refractivity contribution < 1.29 is 4.79 Å². The molecule has 0 N–H and O–H groups in total. The van der Waals surface area contributed by atoms with E-state index >= 15 is 0 Å². The number of carbonyl (C=O) groups excluding carboxylic acids is 1. The maximum Gasteiger partial charge on any atom is 0.254 e. The monoisotopic (exact) mass is 328 g/mol. The van der Waals surface area contributed by atoms with Crippen LogP contribution in [0.5, 0.6) is 0 Å². The normalized spacial score (nSPS) is 18.8. The molecule has 120 valence electrons. The van der Waals surface area contributed by atoms with E-state index < -0.39 is 0 Å². The molecule has 5 nitrogen and oxygen atoms in total. The van der Waals surface area contributed by atoms with Crippen LogP contribution in [0.3, 0.4) is 0 Å². The maximum absolute atomic E-state index is 12.5. The molecule has 4 rings (SSSR count). The molecule has 1 saturated carbocycles. The first-order valence-corrected chi connectivity index (χ1v) is 9.15. The molecule has 2 aromatic rings. The maximum atomic E-state index is 12.5. The number of nitrogens with zero attached hydrogens (tertiary/aromatic N) is 4. The van der Waals surface area contributed by atoms with Gasteiger partial charge in [-0.05, 0) is 36.8 Å². The zero-order valence-electron chi connectivity index (χ0n) is 13.0. The Balaban J connectivity index is 1.44. The van der Waals surface area contributed by atoms with Gasteiger partial charge in [0.25, 0.3) is 5.91 Å². The Labute approximate surface area is 140 Å². The molecule has 1 saturated heterocycles. The third kappa shape index (κ3) is 3.22. The summed E-state index contributed by atoms with van der Waals surface area (Å²) in [6.07, 6.45) is 5.27. The van der Waals surface area contributed by atoms with E-state index in [0.29, 0.717) is 5.92 Å². The highest BCUT2D eigenvalue weighted by molar-refractivity contribution is 7.08. The quantitative estimate of drug-likeness (QED) is 0.869. The van der Waals surface area contributed by atoms with E-state index in [0.717, 1.165) is 49.8 Å². The van der Waals surface area contributed by atoms with Crippen molar-refractivity contribution in [1.82, 2.24) is 14.9 Å². The van der Waals surface area contributed by atoms with Gasteiger partial charge in [-0.2, -0.15) is 11.3 Å². The Hall–Kier alpha value is -1.95. The molecule has 0 aromatic carbocycles. The smallest absolute Gasteiger partial charge is 0.254 e. The number of carbonyl (C=O) groups is 1. The van der Waals surface area contributed by atoms with Crippen molar-refractivity contribution >= 4 is 23.1 Å². The highest BCUT2D eigenvalue weighted by atomic mass is 32.1. The second-order valence-corrected chi connectivity index (χ2v) is 6.97. The molecule has 3 heterocycles. The van der Waals surface area contributed by atoms with Crippen molar-refractivity contribution in [3.05, 3.63) is 40.5 Å². The van der Waals surface area contributed by atoms with Crippen LogP contribution in [0.4, 0.5) is 5.82 Å². The molecule has 2 fully saturated rings. The molecule has 0 radical (unpaired) electrons. The molecule has 0 bridgehead atoms. The van der Waals surface area contributed by atoms with Gasteiger partial charge in [0.2, 0.25) is 0 Å². The number of aromatic nitrogens is 2. The summed E-state index contributed by atoms with van der Waals surface area (Å²) in [6, 6.07) is 3.89. The van der Waals surface area contributed by atoms with Gasteiger partial charge in [0.15, 0.2) is 0 Å². The minimum atomic E-state index is 0.148. The van der Waals surface area contributed by atoms with Crippen LogP contribution in [0.15, 0.2) is 29.1 Å². The largest absolute Gasteiger partial charge is 0.355 e. The van der Waals surface area contributed by atoms with Crippen LogP contribution in [-0.4, -0.2) is 47.0 Å². The minimum Gasteiger partial charge on any atom is -0.355 e. The molecule has 1 aliphatic heterocycles. The second-order valence-electron chi connectivity index (χ2n) is 6.19. The van der Waals surface area contributed by atoms with Crippen molar-refractivity contribution in [3.63, 3.8) is 0 Å². The van der Waals surface area contributed by atoms with Gasteiger partial charge < -0.3 is 9.80 Å². The summed E-state index contributed by atoms with van der Waals surface area (Å²) in [5, 5.41) is 3.88. The summed E-state index contributed by atoms with van der Waals surface area (Å²) in [5.41, 5.74) is 0.807. The molecule has 0 atom stereocenters. The van der Waals surface area contributed by atoms with Gasteiger partial charge in [-0.25, -0.2) is 9.97 Å². The SMILES string of the molecule is O=C(c1ccsc1)N1CCCN(c2ccnc(C3CC3)n2)CC1. The minimum absolute atomic E-state index is 0.148. The number of hydrogen-bond acceptors (Lipinski definition) is 5. The van der Waals surface area contributed by atoms with Crippen LogP contribution in [-0.2, 0) is 0 Å². The lowest BCUT2D eigenvalue weighted by atomic mass is 10.3. The van der Waals surface area contributed by atoms with Crippen molar-refractivity contribution in [1.29, 1.82) is 0 Å². The molecule has 1 aliphatic carbocycles. The third-order valence-corrected chi connectivity index (χ3v) is 5.16. The Morgan fingerprint density at radius 2 is 2.09 bits per heavy atom. The first-order valence-electron chi connectivity index (χ1n) is 8.20. The van der Waals surface area contributed by atoms with Crippen molar-refractivity contribution in [3.8, 4) is 0 Å². The average Bonchev–Trinajstić information content (AvgIpc) is 3.35. The van der Waals surface area contributed by atoms with Crippen LogP contribution >= 0.6 is 11.3 Å². The number of thiophene rings is 1. The predicted molar refractivity (Wildman–Crippen MR) is 91.1 cm³/mol. The lowest BCUT2D eigenvalue weighted by molar-refractivity contribution is 0.0767. The van der Waals surface area contributed by atoms with Crippen LogP contribution in [0.2, 0.25) is 0 Å².